The fourth-order valence-corrected chi connectivity index (χ4v) is 13.8. The molecule has 1 aliphatic carbocycles. The van der Waals surface area contributed by atoms with Crippen LogP contribution in [0.25, 0.3) is 0 Å². The fourth-order valence-electron chi connectivity index (χ4n) is 6.89. The first-order chi connectivity index (χ1) is 19.8. The number of benzene rings is 2. The van der Waals surface area contributed by atoms with Gasteiger partial charge in [0.05, 0.1) is 6.10 Å². The third kappa shape index (κ3) is 8.75. The minimum absolute atomic E-state index is 0.0382. The van der Waals surface area contributed by atoms with Crippen molar-refractivity contribution in [2.75, 3.05) is 4.43 Å². The van der Waals surface area contributed by atoms with Gasteiger partial charge >= 0.3 is 0 Å². The highest BCUT2D eigenvalue weighted by atomic mass is 127. The molecule has 0 amide bonds. The van der Waals surface area contributed by atoms with Crippen LogP contribution in [0.5, 0.6) is 0 Å². The van der Waals surface area contributed by atoms with Crippen LogP contribution in [0, 0.1) is 23.2 Å². The third-order valence-corrected chi connectivity index (χ3v) is 20.7. The zero-order chi connectivity index (χ0) is 32.3. The molecule has 0 radical (unpaired) electrons. The average Bonchev–Trinajstić information content (AvgIpc) is 3.22. The maximum atomic E-state index is 7.50. The Balaban J connectivity index is 1.99. The Labute approximate surface area is 281 Å². The summed E-state index contributed by atoms with van der Waals surface area (Å²) >= 11 is 2.57. The molecule has 43 heavy (non-hydrogen) atoms. The number of rotatable bonds is 12. The van der Waals surface area contributed by atoms with E-state index in [9.17, 15) is 0 Å². The lowest BCUT2D eigenvalue weighted by Crippen LogP contribution is -2.67. The topological polar surface area (TPSA) is 18.5 Å². The van der Waals surface area contributed by atoms with Crippen molar-refractivity contribution in [3.63, 3.8) is 0 Å². The molecule has 240 valence electrons. The van der Waals surface area contributed by atoms with Gasteiger partial charge in [-0.3, -0.25) is 0 Å². The summed E-state index contributed by atoms with van der Waals surface area (Å²) < 4.78 is 16.0. The van der Waals surface area contributed by atoms with Crippen LogP contribution >= 0.6 is 22.6 Å². The molecule has 0 aliphatic heterocycles. The number of halogens is 1. The lowest BCUT2D eigenvalue weighted by atomic mass is 9.87. The molecule has 1 unspecified atom stereocenters. The van der Waals surface area contributed by atoms with Gasteiger partial charge in [0, 0.05) is 6.10 Å². The minimum atomic E-state index is -2.62. The van der Waals surface area contributed by atoms with E-state index in [-0.39, 0.29) is 28.2 Å². The number of hydrogen-bond donors (Lipinski definition) is 0. The molecule has 3 rings (SSSR count). The van der Waals surface area contributed by atoms with E-state index in [0.29, 0.717) is 17.3 Å². The van der Waals surface area contributed by atoms with Crippen molar-refractivity contribution in [1.29, 1.82) is 0 Å². The van der Waals surface area contributed by atoms with Gasteiger partial charge in [0.25, 0.3) is 8.32 Å². The molecule has 5 heteroatoms. The van der Waals surface area contributed by atoms with E-state index in [1.807, 2.05) is 0 Å². The molecule has 0 bridgehead atoms. The van der Waals surface area contributed by atoms with E-state index in [2.05, 4.69) is 178 Å². The Morgan fingerprint density at radius 2 is 1.33 bits per heavy atom. The third-order valence-electron chi connectivity index (χ3n) is 10.5. The van der Waals surface area contributed by atoms with Gasteiger partial charge in [0.2, 0.25) is 0 Å². The van der Waals surface area contributed by atoms with Gasteiger partial charge in [-0.05, 0) is 87.3 Å². The maximum absolute atomic E-state index is 7.50. The Hall–Kier alpha value is -0.736. The Kier molecular flexibility index (Phi) is 12.3. The lowest BCUT2D eigenvalue weighted by molar-refractivity contribution is 0.128. The van der Waals surface area contributed by atoms with E-state index in [1.54, 1.807) is 0 Å². The second-order valence-electron chi connectivity index (χ2n) is 16.5. The van der Waals surface area contributed by atoms with E-state index in [0.717, 1.165) is 0 Å². The molecular weight excluding hydrogens is 671 g/mol. The van der Waals surface area contributed by atoms with Crippen molar-refractivity contribution in [3.8, 4) is 0 Å². The van der Waals surface area contributed by atoms with E-state index < -0.39 is 16.6 Å². The molecule has 0 heterocycles. The molecule has 1 saturated carbocycles. The summed E-state index contributed by atoms with van der Waals surface area (Å²) in [4.78, 5) is 0. The molecule has 0 saturated heterocycles. The highest BCUT2D eigenvalue weighted by Gasteiger charge is 2.51. The maximum Gasteiger partial charge on any atom is 0.261 e. The van der Waals surface area contributed by atoms with Gasteiger partial charge < -0.3 is 8.85 Å². The predicted octanol–water partition coefficient (Wildman–Crippen LogP) is 10.4. The second-order valence-corrected chi connectivity index (χ2v) is 26.6. The molecule has 0 N–H and O–H groups in total. The van der Waals surface area contributed by atoms with Crippen LogP contribution in [0.15, 0.2) is 72.8 Å². The normalized spacial score (nSPS) is 22.1. The zero-order valence-corrected chi connectivity index (χ0v) is 33.5. The Bertz CT molecular complexity index is 1120. The highest BCUT2D eigenvalue weighted by molar-refractivity contribution is 14.1. The van der Waals surface area contributed by atoms with Crippen LogP contribution in [-0.4, -0.2) is 33.3 Å². The second kappa shape index (κ2) is 14.4. The van der Waals surface area contributed by atoms with E-state index >= 15 is 0 Å². The molecule has 2 nitrogen and oxygen atoms in total. The zero-order valence-electron chi connectivity index (χ0n) is 29.3. The molecule has 5 atom stereocenters. The fraction of sp³-hybridized carbons (Fsp3) is 0.632. The summed E-state index contributed by atoms with van der Waals surface area (Å²) in [7, 11) is -4.58. The number of hydrogen-bond acceptors (Lipinski definition) is 2. The van der Waals surface area contributed by atoms with Gasteiger partial charge in [-0.15, -0.1) is 0 Å². The van der Waals surface area contributed by atoms with Crippen LogP contribution in [0.3, 0.4) is 0 Å². The summed E-state index contributed by atoms with van der Waals surface area (Å²) in [6.07, 6.45) is 8.92. The molecule has 0 spiro atoms. The van der Waals surface area contributed by atoms with Crippen LogP contribution in [0.1, 0.15) is 88.5 Å². The molecule has 1 aliphatic rings. The van der Waals surface area contributed by atoms with Crippen LogP contribution in [0.4, 0.5) is 0 Å². The monoisotopic (exact) mass is 732 g/mol. The number of alkyl halides is 1. The Morgan fingerprint density at radius 3 is 1.77 bits per heavy atom. The van der Waals surface area contributed by atoms with Crippen LogP contribution in [-0.2, 0) is 8.85 Å². The summed E-state index contributed by atoms with van der Waals surface area (Å²) in [6, 6.07) is 22.1. The first-order valence-electron chi connectivity index (χ1n) is 16.6. The van der Waals surface area contributed by atoms with Crippen molar-refractivity contribution in [2.24, 2.45) is 23.2 Å². The summed E-state index contributed by atoms with van der Waals surface area (Å²) in [6.45, 7) is 28.6. The van der Waals surface area contributed by atoms with Crippen molar-refractivity contribution in [3.05, 3.63) is 72.8 Å². The lowest BCUT2D eigenvalue weighted by Gasteiger charge is -2.45. The standard InChI is InChI=1S/C38H61IO2Si2/c1-29(23-24-35(41-42(11,12)36(3,4)5)34-28-38(9,10)27-31(34)25-26-39)30(2)40-43(37(6,7)8,32-19-15-13-16-20-32)33-21-17-14-18-22-33/h13-24,29-31,34-35H,25-28H2,1-12H3/b24-23-/t29-,30-,31+,34-,35?/m0/s1. The molecule has 2 aromatic carbocycles. The predicted molar refractivity (Wildman–Crippen MR) is 202 cm³/mol. The van der Waals surface area contributed by atoms with Crippen molar-refractivity contribution in [1.82, 2.24) is 0 Å². The molecular formula is C38H61IO2Si2. The van der Waals surface area contributed by atoms with Crippen LogP contribution < -0.4 is 10.4 Å². The van der Waals surface area contributed by atoms with Gasteiger partial charge in [-0.25, -0.2) is 0 Å². The van der Waals surface area contributed by atoms with Gasteiger partial charge in [-0.1, -0.05) is 158 Å². The van der Waals surface area contributed by atoms with Crippen molar-refractivity contribution >= 4 is 49.6 Å². The van der Waals surface area contributed by atoms with Gasteiger partial charge in [0.15, 0.2) is 8.32 Å². The largest absolute Gasteiger partial charge is 0.410 e. The summed E-state index contributed by atoms with van der Waals surface area (Å²) in [5.74, 6) is 1.53. The van der Waals surface area contributed by atoms with Gasteiger partial charge in [0.1, 0.15) is 0 Å². The average molecular weight is 733 g/mol. The minimum Gasteiger partial charge on any atom is -0.410 e. The highest BCUT2D eigenvalue weighted by Crippen LogP contribution is 2.50. The molecule has 0 aromatic heterocycles. The van der Waals surface area contributed by atoms with Crippen molar-refractivity contribution < 1.29 is 8.85 Å². The van der Waals surface area contributed by atoms with E-state index in [1.165, 1.54) is 34.1 Å². The molecule has 2 aromatic rings. The van der Waals surface area contributed by atoms with E-state index in [4.69, 9.17) is 8.85 Å². The summed E-state index contributed by atoms with van der Waals surface area (Å²) in [5, 5.41) is 2.82. The van der Waals surface area contributed by atoms with Crippen molar-refractivity contribution in [2.45, 2.75) is 124 Å². The van der Waals surface area contributed by atoms with Crippen LogP contribution in [0.2, 0.25) is 23.2 Å². The summed E-state index contributed by atoms with van der Waals surface area (Å²) in [5.41, 5.74) is 0.370. The first-order valence-corrected chi connectivity index (χ1v) is 22.9. The SMILES string of the molecule is C[C@H](O[Si](c1ccccc1)(c1ccccc1)C(C)(C)C)[C@@H](C)/C=C\C(O[Si](C)(C)C(C)(C)C)[C@H]1CC(C)(C)C[C@H]1CCI. The Morgan fingerprint density at radius 1 is 0.814 bits per heavy atom. The van der Waals surface area contributed by atoms with Gasteiger partial charge in [-0.2, -0.15) is 0 Å². The quantitative estimate of drug-likeness (QED) is 0.0936. The molecule has 1 fully saturated rings. The first kappa shape index (κ1) is 36.7. The smallest absolute Gasteiger partial charge is 0.261 e.